The highest BCUT2D eigenvalue weighted by Gasteiger charge is 2.12. The molecule has 0 saturated carbocycles. The normalized spacial score (nSPS) is 11.5. The molecule has 21 heavy (non-hydrogen) atoms. The standard InChI is InChI=1S/C15H12BrN3O2/c1-10(12-4-2-11(9-17)3-5-12)18-15-8-13(19(20)21)6-7-14(15)16/h2-8,10,18H,1H3. The van der Waals surface area contributed by atoms with Gasteiger partial charge in [0, 0.05) is 22.6 Å². The van der Waals surface area contributed by atoms with Gasteiger partial charge in [-0.25, -0.2) is 0 Å². The maximum absolute atomic E-state index is 10.8. The maximum Gasteiger partial charge on any atom is 0.271 e. The van der Waals surface area contributed by atoms with Crippen molar-refractivity contribution >= 4 is 27.3 Å². The third kappa shape index (κ3) is 3.58. The Balaban J connectivity index is 2.22. The molecule has 0 amide bonds. The fourth-order valence-corrected chi connectivity index (χ4v) is 2.26. The van der Waals surface area contributed by atoms with Crippen LogP contribution in [0.15, 0.2) is 46.9 Å². The smallest absolute Gasteiger partial charge is 0.271 e. The molecule has 0 aliphatic carbocycles. The molecule has 5 nitrogen and oxygen atoms in total. The Hall–Kier alpha value is -2.39. The number of benzene rings is 2. The van der Waals surface area contributed by atoms with Gasteiger partial charge in [-0.1, -0.05) is 12.1 Å². The number of rotatable bonds is 4. The number of hydrogen-bond acceptors (Lipinski definition) is 4. The zero-order valence-corrected chi connectivity index (χ0v) is 12.8. The number of nitrogens with one attached hydrogen (secondary N) is 1. The minimum atomic E-state index is -0.427. The second-order valence-corrected chi connectivity index (χ2v) is 5.38. The number of halogens is 1. The minimum Gasteiger partial charge on any atom is -0.377 e. The van der Waals surface area contributed by atoms with E-state index in [-0.39, 0.29) is 11.7 Å². The molecular weight excluding hydrogens is 334 g/mol. The first-order valence-electron chi connectivity index (χ1n) is 6.22. The Kier molecular flexibility index (Phi) is 4.55. The second kappa shape index (κ2) is 6.37. The van der Waals surface area contributed by atoms with Gasteiger partial charge < -0.3 is 5.32 Å². The highest BCUT2D eigenvalue weighted by atomic mass is 79.9. The zero-order chi connectivity index (χ0) is 15.4. The van der Waals surface area contributed by atoms with Crippen molar-refractivity contribution in [2.24, 2.45) is 0 Å². The van der Waals surface area contributed by atoms with Crippen molar-refractivity contribution in [3.05, 3.63) is 68.2 Å². The van der Waals surface area contributed by atoms with Gasteiger partial charge in [0.15, 0.2) is 0 Å². The highest BCUT2D eigenvalue weighted by Crippen LogP contribution is 2.30. The van der Waals surface area contributed by atoms with E-state index in [1.807, 2.05) is 19.1 Å². The summed E-state index contributed by atoms with van der Waals surface area (Å²) in [5.74, 6) is 0. The van der Waals surface area contributed by atoms with E-state index in [4.69, 9.17) is 5.26 Å². The van der Waals surface area contributed by atoms with E-state index in [1.54, 1.807) is 18.2 Å². The molecule has 0 aliphatic rings. The van der Waals surface area contributed by atoms with Crippen molar-refractivity contribution in [3.63, 3.8) is 0 Å². The van der Waals surface area contributed by atoms with E-state index in [2.05, 4.69) is 27.3 Å². The number of nitro groups is 1. The van der Waals surface area contributed by atoms with Crippen LogP contribution in [0.1, 0.15) is 24.1 Å². The third-order valence-electron chi connectivity index (χ3n) is 3.07. The largest absolute Gasteiger partial charge is 0.377 e. The molecule has 0 aromatic heterocycles. The summed E-state index contributed by atoms with van der Waals surface area (Å²) < 4.78 is 0.758. The summed E-state index contributed by atoms with van der Waals surface area (Å²) in [6, 6.07) is 13.8. The average molecular weight is 346 g/mol. The fraction of sp³-hybridized carbons (Fsp3) is 0.133. The summed E-state index contributed by atoms with van der Waals surface area (Å²) in [7, 11) is 0. The molecule has 6 heteroatoms. The van der Waals surface area contributed by atoms with E-state index in [0.717, 1.165) is 10.0 Å². The van der Waals surface area contributed by atoms with E-state index in [9.17, 15) is 10.1 Å². The maximum atomic E-state index is 10.8. The molecule has 0 aliphatic heterocycles. The first-order valence-corrected chi connectivity index (χ1v) is 7.01. The van der Waals surface area contributed by atoms with Gasteiger partial charge in [-0.15, -0.1) is 0 Å². The predicted octanol–water partition coefficient (Wildman–Crippen LogP) is 4.40. The molecule has 0 spiro atoms. The first-order chi connectivity index (χ1) is 10.0. The average Bonchev–Trinajstić information content (AvgIpc) is 2.49. The van der Waals surface area contributed by atoms with Gasteiger partial charge in [0.1, 0.15) is 0 Å². The summed E-state index contributed by atoms with van der Waals surface area (Å²) in [6.45, 7) is 1.95. The molecule has 0 radical (unpaired) electrons. The number of hydrogen-bond donors (Lipinski definition) is 1. The summed E-state index contributed by atoms with van der Waals surface area (Å²) >= 11 is 3.38. The SMILES string of the molecule is CC(Nc1cc([N+](=O)[O-])ccc1Br)c1ccc(C#N)cc1. The van der Waals surface area contributed by atoms with E-state index < -0.39 is 4.92 Å². The topological polar surface area (TPSA) is 79.0 Å². The van der Waals surface area contributed by atoms with E-state index in [1.165, 1.54) is 12.1 Å². The lowest BCUT2D eigenvalue weighted by molar-refractivity contribution is -0.384. The van der Waals surface area contributed by atoms with Gasteiger partial charge in [-0.3, -0.25) is 10.1 Å². The van der Waals surface area contributed by atoms with Crippen molar-refractivity contribution < 1.29 is 4.92 Å². The minimum absolute atomic E-state index is 0.0349. The third-order valence-corrected chi connectivity index (χ3v) is 3.76. The summed E-state index contributed by atoms with van der Waals surface area (Å²) in [5.41, 5.74) is 2.28. The van der Waals surface area contributed by atoms with Crippen LogP contribution in [0.4, 0.5) is 11.4 Å². The van der Waals surface area contributed by atoms with Gasteiger partial charge in [0.25, 0.3) is 5.69 Å². The molecule has 0 fully saturated rings. The predicted molar refractivity (Wildman–Crippen MR) is 84.0 cm³/mol. The van der Waals surface area contributed by atoms with Gasteiger partial charge in [0.2, 0.25) is 0 Å². The van der Waals surface area contributed by atoms with Crippen molar-refractivity contribution in [1.82, 2.24) is 0 Å². The van der Waals surface area contributed by atoms with Crippen molar-refractivity contribution in [3.8, 4) is 6.07 Å². The van der Waals surface area contributed by atoms with Crippen molar-refractivity contribution in [2.75, 3.05) is 5.32 Å². The Labute approximate surface area is 130 Å². The van der Waals surface area contributed by atoms with E-state index >= 15 is 0 Å². The molecule has 1 unspecified atom stereocenters. The molecule has 1 atom stereocenters. The molecule has 0 bridgehead atoms. The fourth-order valence-electron chi connectivity index (χ4n) is 1.90. The highest BCUT2D eigenvalue weighted by molar-refractivity contribution is 9.10. The molecule has 1 N–H and O–H groups in total. The van der Waals surface area contributed by atoms with Crippen LogP contribution in [0, 0.1) is 21.4 Å². The lowest BCUT2D eigenvalue weighted by Gasteiger charge is -2.16. The molecule has 2 aromatic carbocycles. The van der Waals surface area contributed by atoms with Crippen LogP contribution in [0.5, 0.6) is 0 Å². The van der Waals surface area contributed by atoms with Crippen LogP contribution in [-0.4, -0.2) is 4.92 Å². The van der Waals surface area contributed by atoms with Crippen LogP contribution in [0.2, 0.25) is 0 Å². The van der Waals surface area contributed by atoms with Crippen LogP contribution in [0.3, 0.4) is 0 Å². The number of nitriles is 1. The summed E-state index contributed by atoms with van der Waals surface area (Å²) in [5, 5.41) is 22.8. The lowest BCUT2D eigenvalue weighted by atomic mass is 10.1. The Morgan fingerprint density at radius 1 is 1.29 bits per heavy atom. The molecule has 2 aromatic rings. The van der Waals surface area contributed by atoms with Crippen LogP contribution >= 0.6 is 15.9 Å². The monoisotopic (exact) mass is 345 g/mol. The van der Waals surface area contributed by atoms with E-state index in [0.29, 0.717) is 11.3 Å². The summed E-state index contributed by atoms with van der Waals surface area (Å²) in [6.07, 6.45) is 0. The van der Waals surface area contributed by atoms with Crippen LogP contribution < -0.4 is 5.32 Å². The summed E-state index contributed by atoms with van der Waals surface area (Å²) in [4.78, 5) is 10.4. The van der Waals surface area contributed by atoms with Gasteiger partial charge >= 0.3 is 0 Å². The van der Waals surface area contributed by atoms with Gasteiger partial charge in [-0.05, 0) is 46.6 Å². The molecule has 0 heterocycles. The first kappa shape index (κ1) is 15.0. The lowest BCUT2D eigenvalue weighted by Crippen LogP contribution is -2.07. The quantitative estimate of drug-likeness (QED) is 0.657. The number of non-ortho nitro benzene ring substituents is 1. The number of anilines is 1. The Morgan fingerprint density at radius 2 is 1.95 bits per heavy atom. The molecule has 0 saturated heterocycles. The van der Waals surface area contributed by atoms with Crippen LogP contribution in [0.25, 0.3) is 0 Å². The van der Waals surface area contributed by atoms with Gasteiger partial charge in [-0.2, -0.15) is 5.26 Å². The zero-order valence-electron chi connectivity index (χ0n) is 11.2. The van der Waals surface area contributed by atoms with Crippen molar-refractivity contribution in [1.29, 1.82) is 5.26 Å². The molecule has 2 rings (SSSR count). The van der Waals surface area contributed by atoms with Crippen molar-refractivity contribution in [2.45, 2.75) is 13.0 Å². The van der Waals surface area contributed by atoms with Gasteiger partial charge in [0.05, 0.1) is 22.2 Å². The Bertz CT molecular complexity index is 708. The Morgan fingerprint density at radius 3 is 2.52 bits per heavy atom. The second-order valence-electron chi connectivity index (χ2n) is 4.52. The van der Waals surface area contributed by atoms with Crippen LogP contribution in [-0.2, 0) is 0 Å². The number of nitrogens with zero attached hydrogens (tertiary/aromatic N) is 2. The number of nitro benzene ring substituents is 1. The molecular formula is C15H12BrN3O2. The molecule has 106 valence electrons.